The van der Waals surface area contributed by atoms with E-state index in [1.54, 1.807) is 0 Å². The summed E-state index contributed by atoms with van der Waals surface area (Å²) in [5.41, 5.74) is 10.4. The number of hydrogen-bond acceptors (Lipinski definition) is 0. The molecular formula is C54H30N2Se. The van der Waals surface area contributed by atoms with E-state index < -0.39 is 0 Å². The monoisotopic (exact) mass is 786 g/mol. The maximum atomic E-state index is 8.00. The second kappa shape index (κ2) is 13.2. The van der Waals surface area contributed by atoms with E-state index in [4.69, 9.17) is 13.1 Å². The fourth-order valence-electron chi connectivity index (χ4n) is 9.15. The van der Waals surface area contributed by atoms with Crippen molar-refractivity contribution >= 4 is 88.3 Å². The van der Waals surface area contributed by atoms with Crippen molar-refractivity contribution in [1.29, 1.82) is 0 Å². The Hall–Kier alpha value is -7.26. The van der Waals surface area contributed by atoms with Crippen molar-refractivity contribution in [3.63, 3.8) is 0 Å². The van der Waals surface area contributed by atoms with Gasteiger partial charge in [-0.25, -0.2) is 0 Å². The Bertz CT molecular complexity index is 3440. The van der Waals surface area contributed by atoms with E-state index in [0.29, 0.717) is 11.4 Å². The van der Waals surface area contributed by atoms with Crippen LogP contribution in [0.5, 0.6) is 0 Å². The normalized spacial score (nSPS) is 11.5. The van der Waals surface area contributed by atoms with Crippen LogP contribution in [0.25, 0.3) is 117 Å². The summed E-state index contributed by atoms with van der Waals surface area (Å²) in [6, 6.07) is 64.8. The Morgan fingerprint density at radius 2 is 0.684 bits per heavy atom. The molecule has 11 rings (SSSR count). The molecule has 0 saturated carbocycles. The van der Waals surface area contributed by atoms with Gasteiger partial charge >= 0.3 is 331 Å². The van der Waals surface area contributed by atoms with Crippen LogP contribution in [0.4, 0.5) is 11.4 Å². The van der Waals surface area contributed by atoms with Gasteiger partial charge in [-0.05, 0) is 0 Å². The minimum atomic E-state index is 0.0921. The van der Waals surface area contributed by atoms with Crippen LogP contribution < -0.4 is 0 Å². The zero-order valence-corrected chi connectivity index (χ0v) is 32.3. The number of benzene rings is 10. The standard InChI is InChI=1S/C54H30N2Se/c1-55-47-28-13-11-24-43(47)51-36-18-5-3-16-34(36)50(35-17-4-6-19-37(35)51)33-30-31-49-46(32-33)42-26-15-27-45(54(42)57-49)53-40-22-9-7-20-38(40)52(39-21-8-10-23-41(39)53)44-25-12-14-29-48(44)56-2/h3-32H. The third-order valence-corrected chi connectivity index (χ3v) is 14.1. The molecule has 0 spiro atoms. The topological polar surface area (TPSA) is 8.72 Å². The van der Waals surface area contributed by atoms with Crippen LogP contribution in [0.2, 0.25) is 0 Å². The maximum absolute atomic E-state index is 8.00. The summed E-state index contributed by atoms with van der Waals surface area (Å²) in [6.45, 7) is 16.0. The summed E-state index contributed by atoms with van der Waals surface area (Å²) >= 11 is 0.0921. The first kappa shape index (κ1) is 33.1. The van der Waals surface area contributed by atoms with Gasteiger partial charge < -0.3 is 6.57 Å². The van der Waals surface area contributed by atoms with Crippen LogP contribution in [0.3, 0.4) is 0 Å². The van der Waals surface area contributed by atoms with Crippen LogP contribution in [-0.4, -0.2) is 14.5 Å². The second-order valence-electron chi connectivity index (χ2n) is 14.4. The van der Waals surface area contributed by atoms with Gasteiger partial charge in [-0.2, -0.15) is 0 Å². The number of hydrogen-bond donors (Lipinski definition) is 0. The molecule has 0 saturated heterocycles. The van der Waals surface area contributed by atoms with Crippen LogP contribution in [-0.2, 0) is 0 Å². The second-order valence-corrected chi connectivity index (χ2v) is 16.6. The van der Waals surface area contributed by atoms with E-state index in [2.05, 4.69) is 155 Å². The zero-order valence-electron chi connectivity index (χ0n) is 30.6. The van der Waals surface area contributed by atoms with Gasteiger partial charge in [-0.15, -0.1) is 0 Å². The zero-order chi connectivity index (χ0) is 38.0. The third kappa shape index (κ3) is 5.01. The van der Waals surface area contributed by atoms with Crippen molar-refractivity contribution < 1.29 is 0 Å². The number of nitrogens with zero attached hydrogens (tertiary/aromatic N) is 2. The summed E-state index contributed by atoms with van der Waals surface area (Å²) in [6.07, 6.45) is 0. The first-order chi connectivity index (χ1) is 28.2. The Morgan fingerprint density at radius 1 is 0.316 bits per heavy atom. The molecule has 0 N–H and O–H groups in total. The molecule has 11 aromatic rings. The molecule has 0 aliphatic carbocycles. The van der Waals surface area contributed by atoms with Crippen LogP contribution >= 0.6 is 0 Å². The van der Waals surface area contributed by atoms with Crippen molar-refractivity contribution in [1.82, 2.24) is 0 Å². The van der Waals surface area contributed by atoms with E-state index >= 15 is 0 Å². The van der Waals surface area contributed by atoms with Gasteiger partial charge in [0.2, 0.25) is 0 Å². The molecule has 0 aliphatic heterocycles. The molecule has 10 aromatic carbocycles. The summed E-state index contributed by atoms with van der Waals surface area (Å²) < 4.78 is 2.80. The quantitative estimate of drug-likeness (QED) is 0.0955. The average Bonchev–Trinajstić information content (AvgIpc) is 3.66. The summed E-state index contributed by atoms with van der Waals surface area (Å²) in [7, 11) is 0. The molecule has 262 valence electrons. The van der Waals surface area contributed by atoms with Gasteiger partial charge in [-0.3, -0.25) is 0 Å². The van der Waals surface area contributed by atoms with Crippen LogP contribution in [0, 0.1) is 13.1 Å². The van der Waals surface area contributed by atoms with E-state index in [0.717, 1.165) is 43.8 Å². The van der Waals surface area contributed by atoms with E-state index in [1.165, 1.54) is 63.1 Å². The predicted molar refractivity (Wildman–Crippen MR) is 243 cm³/mol. The fourth-order valence-corrected chi connectivity index (χ4v) is 11.7. The molecule has 0 aliphatic rings. The molecule has 0 fully saturated rings. The predicted octanol–water partition coefficient (Wildman–Crippen LogP) is 15.4. The first-order valence-corrected chi connectivity index (χ1v) is 20.7. The molecule has 0 bridgehead atoms. The van der Waals surface area contributed by atoms with Crippen LogP contribution in [0.15, 0.2) is 182 Å². The Kier molecular flexibility index (Phi) is 7.67. The van der Waals surface area contributed by atoms with E-state index in [1.807, 2.05) is 36.4 Å². The van der Waals surface area contributed by atoms with E-state index in [-0.39, 0.29) is 14.5 Å². The SMILES string of the molecule is [C-]#[N+]c1ccccc1-c1c2ccccc2c(-c2ccc3[se]c4c(-c5c6ccccc6c(-c6ccccc6[N+]#[C-])c6ccccc56)cccc4c3c2)c2ccccc12. The number of para-hydroxylation sites is 2. The van der Waals surface area contributed by atoms with Gasteiger partial charge in [0.1, 0.15) is 0 Å². The molecular weight excluding hydrogens is 756 g/mol. The first-order valence-electron chi connectivity index (χ1n) is 19.0. The number of fused-ring (bicyclic) bond motifs is 7. The fraction of sp³-hybridized carbons (Fsp3) is 0. The molecule has 0 radical (unpaired) electrons. The molecule has 0 amide bonds. The van der Waals surface area contributed by atoms with Crippen molar-refractivity contribution in [2.24, 2.45) is 0 Å². The Balaban J connectivity index is 1.18. The Morgan fingerprint density at radius 3 is 1.14 bits per heavy atom. The Labute approximate surface area is 335 Å². The van der Waals surface area contributed by atoms with Gasteiger partial charge in [-0.1, -0.05) is 0 Å². The molecule has 0 atom stereocenters. The molecule has 1 heterocycles. The molecule has 2 nitrogen and oxygen atoms in total. The van der Waals surface area contributed by atoms with Crippen molar-refractivity contribution in [3.8, 4) is 44.5 Å². The van der Waals surface area contributed by atoms with Gasteiger partial charge in [0, 0.05) is 0 Å². The summed E-state index contributed by atoms with van der Waals surface area (Å²) in [5, 5.41) is 12.0. The van der Waals surface area contributed by atoms with Gasteiger partial charge in [0.05, 0.1) is 0 Å². The average molecular weight is 786 g/mol. The minimum absolute atomic E-state index is 0.0921. The van der Waals surface area contributed by atoms with Crippen molar-refractivity contribution in [2.45, 2.75) is 0 Å². The summed E-state index contributed by atoms with van der Waals surface area (Å²) in [4.78, 5) is 7.87. The van der Waals surface area contributed by atoms with Crippen LogP contribution in [0.1, 0.15) is 0 Å². The van der Waals surface area contributed by atoms with Gasteiger partial charge in [0.15, 0.2) is 0 Å². The third-order valence-electron chi connectivity index (χ3n) is 11.5. The molecule has 1 aromatic heterocycles. The molecule has 57 heavy (non-hydrogen) atoms. The van der Waals surface area contributed by atoms with Crippen molar-refractivity contribution in [3.05, 3.63) is 205 Å². The number of rotatable bonds is 4. The molecule has 0 unspecified atom stereocenters. The molecule has 3 heteroatoms. The van der Waals surface area contributed by atoms with Crippen molar-refractivity contribution in [2.75, 3.05) is 0 Å². The van der Waals surface area contributed by atoms with E-state index in [9.17, 15) is 0 Å². The van der Waals surface area contributed by atoms with Gasteiger partial charge in [0.25, 0.3) is 0 Å². The summed E-state index contributed by atoms with van der Waals surface area (Å²) in [5.74, 6) is 0.